The molecule has 2 heterocycles. The summed E-state index contributed by atoms with van der Waals surface area (Å²) in [6.07, 6.45) is 4.77. The van der Waals surface area contributed by atoms with E-state index in [0.717, 1.165) is 36.4 Å². The maximum atomic E-state index is 13.0. The predicted molar refractivity (Wildman–Crippen MR) is 110 cm³/mol. The van der Waals surface area contributed by atoms with Crippen LogP contribution < -0.4 is 5.32 Å². The van der Waals surface area contributed by atoms with Gasteiger partial charge in [0.25, 0.3) is 0 Å². The number of hydrogen-bond donors (Lipinski definition) is 1. The predicted octanol–water partition coefficient (Wildman–Crippen LogP) is 4.65. The number of amides is 1. The summed E-state index contributed by atoms with van der Waals surface area (Å²) >= 11 is 0. The third-order valence-corrected chi connectivity index (χ3v) is 5.13. The quantitative estimate of drug-likeness (QED) is 0.635. The first kappa shape index (κ1) is 19.3. The van der Waals surface area contributed by atoms with E-state index in [1.54, 1.807) is 18.3 Å². The van der Waals surface area contributed by atoms with Crippen LogP contribution in [-0.2, 0) is 17.8 Å². The number of nitrogens with one attached hydrogen (secondary N) is 1. The highest BCUT2D eigenvalue weighted by molar-refractivity contribution is 5.91. The number of para-hydroxylation sites is 1. The lowest BCUT2D eigenvalue weighted by Crippen LogP contribution is -2.20. The van der Waals surface area contributed by atoms with Crippen molar-refractivity contribution >= 4 is 11.6 Å². The Morgan fingerprint density at radius 1 is 1.10 bits per heavy atom. The molecule has 1 N–H and O–H groups in total. The minimum atomic E-state index is -0.296. The van der Waals surface area contributed by atoms with Crippen molar-refractivity contribution in [2.24, 2.45) is 0 Å². The Kier molecular flexibility index (Phi) is 6.00. The van der Waals surface area contributed by atoms with Crippen LogP contribution in [0, 0.1) is 5.82 Å². The number of nitrogens with zero attached hydrogens (tertiary/aromatic N) is 2. The molecule has 0 saturated carbocycles. The van der Waals surface area contributed by atoms with Gasteiger partial charge in [-0.15, -0.1) is 0 Å². The second-order valence-electron chi connectivity index (χ2n) is 7.31. The Morgan fingerprint density at radius 2 is 1.86 bits per heavy atom. The van der Waals surface area contributed by atoms with Crippen molar-refractivity contribution < 1.29 is 13.6 Å². The first-order valence-corrected chi connectivity index (χ1v) is 9.98. The van der Waals surface area contributed by atoms with Gasteiger partial charge in [-0.25, -0.2) is 9.37 Å². The highest BCUT2D eigenvalue weighted by Gasteiger charge is 2.15. The van der Waals surface area contributed by atoms with Crippen LogP contribution in [0.5, 0.6) is 0 Å². The minimum absolute atomic E-state index is 0.0691. The number of rotatable bonds is 7. The largest absolute Gasteiger partial charge is 0.441 e. The van der Waals surface area contributed by atoms with Crippen molar-refractivity contribution in [1.29, 1.82) is 0 Å². The first-order valence-electron chi connectivity index (χ1n) is 9.98. The standard InChI is InChI=1S/C23H24FN3O2/c24-19-9-7-17(8-10-19)21-15-25-23(29-21)12-11-22(28)26-20-6-2-1-5-18(20)16-27-13-3-4-14-27/h1-2,5-10,15H,3-4,11-14,16H2,(H,26,28). The van der Waals surface area contributed by atoms with Crippen molar-refractivity contribution in [3.8, 4) is 11.3 Å². The van der Waals surface area contributed by atoms with Gasteiger partial charge in [-0.1, -0.05) is 18.2 Å². The molecule has 0 bridgehead atoms. The van der Waals surface area contributed by atoms with Gasteiger partial charge in [0, 0.05) is 30.6 Å². The van der Waals surface area contributed by atoms with Gasteiger partial charge in [-0.05, 0) is 61.8 Å². The van der Waals surface area contributed by atoms with E-state index >= 15 is 0 Å². The van der Waals surface area contributed by atoms with Crippen LogP contribution in [0.4, 0.5) is 10.1 Å². The summed E-state index contributed by atoms with van der Waals surface area (Å²) in [4.78, 5) is 19.1. The lowest BCUT2D eigenvalue weighted by atomic mass is 10.1. The molecule has 4 rings (SSSR count). The van der Waals surface area contributed by atoms with Gasteiger partial charge in [0.2, 0.25) is 5.91 Å². The molecule has 0 aliphatic carbocycles. The zero-order valence-corrected chi connectivity index (χ0v) is 16.2. The molecular weight excluding hydrogens is 369 g/mol. The van der Waals surface area contributed by atoms with Gasteiger partial charge in [-0.3, -0.25) is 9.69 Å². The molecule has 6 heteroatoms. The van der Waals surface area contributed by atoms with E-state index in [-0.39, 0.29) is 18.1 Å². The summed E-state index contributed by atoms with van der Waals surface area (Å²) in [5, 5.41) is 3.02. The number of anilines is 1. The molecule has 1 aromatic heterocycles. The average Bonchev–Trinajstić information content (AvgIpc) is 3.41. The maximum Gasteiger partial charge on any atom is 0.224 e. The number of hydrogen-bond acceptors (Lipinski definition) is 4. The molecule has 5 nitrogen and oxygen atoms in total. The van der Waals surface area contributed by atoms with Gasteiger partial charge in [0.15, 0.2) is 11.7 Å². The molecule has 1 aliphatic heterocycles. The molecule has 29 heavy (non-hydrogen) atoms. The van der Waals surface area contributed by atoms with Crippen LogP contribution in [0.25, 0.3) is 11.3 Å². The summed E-state index contributed by atoms with van der Waals surface area (Å²) in [5.41, 5.74) is 2.76. The van der Waals surface area contributed by atoms with Crippen LogP contribution in [0.3, 0.4) is 0 Å². The molecule has 1 amide bonds. The Hall–Kier alpha value is -2.99. The SMILES string of the molecule is O=C(CCc1ncc(-c2ccc(F)cc2)o1)Nc1ccccc1CN1CCCC1. The second-order valence-corrected chi connectivity index (χ2v) is 7.31. The Morgan fingerprint density at radius 3 is 2.66 bits per heavy atom. The third-order valence-electron chi connectivity index (χ3n) is 5.13. The summed E-state index contributed by atoms with van der Waals surface area (Å²) in [5.74, 6) is 0.691. The van der Waals surface area contributed by atoms with Crippen molar-refractivity contribution in [3.05, 3.63) is 72.0 Å². The molecule has 0 radical (unpaired) electrons. The van der Waals surface area contributed by atoms with Crippen LogP contribution >= 0.6 is 0 Å². The Balaban J connectivity index is 1.33. The fourth-order valence-corrected chi connectivity index (χ4v) is 3.57. The minimum Gasteiger partial charge on any atom is -0.441 e. The number of benzene rings is 2. The summed E-state index contributed by atoms with van der Waals surface area (Å²) < 4.78 is 18.7. The van der Waals surface area contributed by atoms with Gasteiger partial charge >= 0.3 is 0 Å². The molecule has 0 unspecified atom stereocenters. The number of likely N-dealkylation sites (tertiary alicyclic amines) is 1. The second kappa shape index (κ2) is 9.01. The number of aryl methyl sites for hydroxylation is 1. The molecular formula is C23H24FN3O2. The summed E-state index contributed by atoms with van der Waals surface area (Å²) in [6.45, 7) is 3.09. The molecule has 2 aromatic carbocycles. The Bertz CT molecular complexity index is 962. The normalized spacial score (nSPS) is 14.2. The zero-order valence-electron chi connectivity index (χ0n) is 16.2. The maximum absolute atomic E-state index is 13.0. The average molecular weight is 393 g/mol. The van der Waals surface area contributed by atoms with Gasteiger partial charge < -0.3 is 9.73 Å². The molecule has 0 atom stereocenters. The van der Waals surface area contributed by atoms with Crippen LogP contribution in [0.1, 0.15) is 30.7 Å². The topological polar surface area (TPSA) is 58.4 Å². The smallest absolute Gasteiger partial charge is 0.224 e. The van der Waals surface area contributed by atoms with Gasteiger partial charge in [0.05, 0.1) is 6.20 Å². The van der Waals surface area contributed by atoms with Crippen molar-refractivity contribution in [3.63, 3.8) is 0 Å². The van der Waals surface area contributed by atoms with Gasteiger partial charge in [0.1, 0.15) is 5.82 Å². The molecule has 150 valence electrons. The fourth-order valence-electron chi connectivity index (χ4n) is 3.57. The Labute approximate surface area is 169 Å². The van der Waals surface area contributed by atoms with Crippen LogP contribution in [-0.4, -0.2) is 28.9 Å². The number of aromatic nitrogens is 1. The van der Waals surface area contributed by atoms with Crippen molar-refractivity contribution in [2.45, 2.75) is 32.2 Å². The van der Waals surface area contributed by atoms with Gasteiger partial charge in [-0.2, -0.15) is 0 Å². The monoisotopic (exact) mass is 393 g/mol. The number of carbonyl (C=O) groups is 1. The zero-order chi connectivity index (χ0) is 20.1. The van der Waals surface area contributed by atoms with Crippen molar-refractivity contribution in [1.82, 2.24) is 9.88 Å². The van der Waals surface area contributed by atoms with E-state index in [1.165, 1.54) is 25.0 Å². The lowest BCUT2D eigenvalue weighted by Gasteiger charge is -2.17. The molecule has 3 aromatic rings. The molecule has 1 fully saturated rings. The molecule has 0 spiro atoms. The number of carbonyl (C=O) groups excluding carboxylic acids is 1. The van der Waals surface area contributed by atoms with Crippen LogP contribution in [0.15, 0.2) is 59.1 Å². The molecule has 1 aliphatic rings. The summed E-state index contributed by atoms with van der Waals surface area (Å²) in [6, 6.07) is 14.0. The van der Waals surface area contributed by atoms with E-state index in [1.807, 2.05) is 18.2 Å². The number of halogens is 1. The lowest BCUT2D eigenvalue weighted by molar-refractivity contribution is -0.116. The van der Waals surface area contributed by atoms with E-state index in [2.05, 4.69) is 21.3 Å². The van der Waals surface area contributed by atoms with E-state index in [9.17, 15) is 9.18 Å². The molecule has 1 saturated heterocycles. The van der Waals surface area contributed by atoms with Crippen molar-refractivity contribution in [2.75, 3.05) is 18.4 Å². The summed E-state index contributed by atoms with van der Waals surface area (Å²) in [7, 11) is 0. The van der Waals surface area contributed by atoms with E-state index in [4.69, 9.17) is 4.42 Å². The highest BCUT2D eigenvalue weighted by Crippen LogP contribution is 2.22. The first-order chi connectivity index (χ1) is 14.2. The van der Waals surface area contributed by atoms with Crippen LogP contribution in [0.2, 0.25) is 0 Å². The van der Waals surface area contributed by atoms with E-state index < -0.39 is 0 Å². The number of oxazole rings is 1. The van der Waals surface area contributed by atoms with E-state index in [0.29, 0.717) is 18.1 Å². The fraction of sp³-hybridized carbons (Fsp3) is 0.304. The third kappa shape index (κ3) is 5.09. The highest BCUT2D eigenvalue weighted by atomic mass is 19.1.